The summed E-state index contributed by atoms with van der Waals surface area (Å²) in [4.78, 5) is 13.0. The molecule has 5 nitrogen and oxygen atoms in total. The molecule has 1 fully saturated rings. The average molecular weight is 296 g/mol. The maximum Gasteiger partial charge on any atom is 0.269 e. The van der Waals surface area contributed by atoms with Crippen molar-refractivity contribution in [2.24, 2.45) is 0 Å². The topological polar surface area (TPSA) is 55.6 Å². The summed E-state index contributed by atoms with van der Waals surface area (Å²) < 4.78 is 6.07. The number of nitro benzene ring substituents is 1. The van der Waals surface area contributed by atoms with Crippen LogP contribution in [0.4, 0.5) is 5.69 Å². The van der Waals surface area contributed by atoms with E-state index in [2.05, 4.69) is 18.0 Å². The van der Waals surface area contributed by atoms with E-state index in [9.17, 15) is 10.1 Å². The van der Waals surface area contributed by atoms with E-state index in [0.29, 0.717) is 5.92 Å². The highest BCUT2D eigenvalue weighted by Crippen LogP contribution is 2.49. The Bertz CT molecular complexity index is 759. The molecule has 0 radical (unpaired) electrons. The normalized spacial score (nSPS) is 23.0. The van der Waals surface area contributed by atoms with Crippen molar-refractivity contribution in [2.75, 3.05) is 20.1 Å². The van der Waals surface area contributed by atoms with E-state index in [1.807, 2.05) is 18.2 Å². The highest BCUT2D eigenvalue weighted by atomic mass is 16.6. The van der Waals surface area contributed by atoms with Gasteiger partial charge in [0.2, 0.25) is 0 Å². The summed E-state index contributed by atoms with van der Waals surface area (Å²) in [5.41, 5.74) is 2.26. The van der Waals surface area contributed by atoms with Crippen molar-refractivity contribution < 1.29 is 9.66 Å². The minimum absolute atomic E-state index is 0.126. The Balaban J connectivity index is 1.91. The fourth-order valence-corrected chi connectivity index (χ4v) is 3.66. The SMILES string of the molecule is CN1C[C@@H]2c3ccccc3Oc3ccc([N+](=O)[O-])cc3[C@H]2C1. The molecule has 1 saturated heterocycles. The van der Waals surface area contributed by atoms with Gasteiger partial charge in [-0.15, -0.1) is 0 Å². The van der Waals surface area contributed by atoms with E-state index < -0.39 is 0 Å². The zero-order chi connectivity index (χ0) is 15.3. The number of fused-ring (bicyclic) bond motifs is 5. The maximum atomic E-state index is 11.1. The lowest BCUT2D eigenvalue weighted by atomic mass is 9.84. The van der Waals surface area contributed by atoms with Crippen molar-refractivity contribution in [1.29, 1.82) is 0 Å². The molecule has 2 heterocycles. The zero-order valence-corrected chi connectivity index (χ0v) is 12.2. The van der Waals surface area contributed by atoms with Crippen LogP contribution in [-0.4, -0.2) is 30.0 Å². The summed E-state index contributed by atoms with van der Waals surface area (Å²) in [6.45, 7) is 1.82. The molecule has 2 aliphatic rings. The number of nitro groups is 1. The van der Waals surface area contributed by atoms with Gasteiger partial charge in [0.1, 0.15) is 11.5 Å². The first kappa shape index (κ1) is 13.3. The molecule has 2 aliphatic heterocycles. The van der Waals surface area contributed by atoms with Crippen LogP contribution in [0.25, 0.3) is 0 Å². The van der Waals surface area contributed by atoms with Gasteiger partial charge in [-0.2, -0.15) is 0 Å². The minimum Gasteiger partial charge on any atom is -0.457 e. The predicted molar refractivity (Wildman–Crippen MR) is 82.6 cm³/mol. The van der Waals surface area contributed by atoms with E-state index in [0.717, 1.165) is 30.2 Å². The largest absolute Gasteiger partial charge is 0.457 e. The van der Waals surface area contributed by atoms with Crippen molar-refractivity contribution in [3.63, 3.8) is 0 Å². The number of rotatable bonds is 1. The molecule has 0 aliphatic carbocycles. The molecule has 0 spiro atoms. The highest BCUT2D eigenvalue weighted by Gasteiger charge is 2.39. The first-order chi connectivity index (χ1) is 10.6. The molecule has 112 valence electrons. The van der Waals surface area contributed by atoms with Gasteiger partial charge in [0, 0.05) is 42.6 Å². The molecule has 2 aromatic rings. The number of hydrogen-bond donors (Lipinski definition) is 0. The molecule has 0 saturated carbocycles. The van der Waals surface area contributed by atoms with Crippen LogP contribution in [-0.2, 0) is 0 Å². The van der Waals surface area contributed by atoms with Crippen LogP contribution in [0.1, 0.15) is 23.0 Å². The Morgan fingerprint density at radius 1 is 1.09 bits per heavy atom. The van der Waals surface area contributed by atoms with Gasteiger partial charge in [0.25, 0.3) is 5.69 Å². The molecule has 2 aromatic carbocycles. The minimum atomic E-state index is -0.341. The van der Waals surface area contributed by atoms with Crippen LogP contribution in [0.2, 0.25) is 0 Å². The van der Waals surface area contributed by atoms with Crippen LogP contribution >= 0.6 is 0 Å². The van der Waals surface area contributed by atoms with Gasteiger partial charge in [0.05, 0.1) is 4.92 Å². The molecular formula is C17H16N2O3. The molecule has 4 rings (SSSR count). The second-order valence-electron chi connectivity index (χ2n) is 6.05. The lowest BCUT2D eigenvalue weighted by molar-refractivity contribution is -0.384. The van der Waals surface area contributed by atoms with Gasteiger partial charge in [-0.25, -0.2) is 0 Å². The molecule has 22 heavy (non-hydrogen) atoms. The van der Waals surface area contributed by atoms with Crippen LogP contribution in [0.5, 0.6) is 11.5 Å². The van der Waals surface area contributed by atoms with Crippen molar-refractivity contribution in [1.82, 2.24) is 4.90 Å². The van der Waals surface area contributed by atoms with Crippen LogP contribution < -0.4 is 4.74 Å². The first-order valence-electron chi connectivity index (χ1n) is 7.37. The Morgan fingerprint density at radius 2 is 1.77 bits per heavy atom. The number of ether oxygens (including phenoxy) is 1. The maximum absolute atomic E-state index is 11.1. The van der Waals surface area contributed by atoms with Crippen LogP contribution in [0.15, 0.2) is 42.5 Å². The summed E-state index contributed by atoms with van der Waals surface area (Å²) in [7, 11) is 2.09. The third-order valence-electron chi connectivity index (χ3n) is 4.64. The quantitative estimate of drug-likeness (QED) is 0.597. The van der Waals surface area contributed by atoms with Gasteiger partial charge < -0.3 is 9.64 Å². The molecule has 2 atom stereocenters. The Morgan fingerprint density at radius 3 is 2.55 bits per heavy atom. The van der Waals surface area contributed by atoms with Crippen molar-refractivity contribution >= 4 is 5.69 Å². The smallest absolute Gasteiger partial charge is 0.269 e. The predicted octanol–water partition coefficient (Wildman–Crippen LogP) is 3.51. The molecule has 0 N–H and O–H groups in total. The molecule has 5 heteroatoms. The summed E-state index contributed by atoms with van der Waals surface area (Å²) in [6, 6.07) is 13.0. The molecule has 0 aromatic heterocycles. The lowest BCUT2D eigenvalue weighted by Gasteiger charge is -2.16. The third-order valence-corrected chi connectivity index (χ3v) is 4.64. The number of benzene rings is 2. The summed E-state index contributed by atoms with van der Waals surface area (Å²) >= 11 is 0. The number of hydrogen-bond acceptors (Lipinski definition) is 4. The monoisotopic (exact) mass is 296 g/mol. The van der Waals surface area contributed by atoms with Crippen molar-refractivity contribution in [3.8, 4) is 11.5 Å². The Hall–Kier alpha value is -2.40. The Kier molecular flexibility index (Phi) is 2.90. The Labute approximate surface area is 128 Å². The van der Waals surface area contributed by atoms with Crippen molar-refractivity contribution in [2.45, 2.75) is 11.8 Å². The number of likely N-dealkylation sites (tertiary alicyclic amines) is 1. The number of likely N-dealkylation sites (N-methyl/N-ethyl adjacent to an activating group) is 1. The van der Waals surface area contributed by atoms with Gasteiger partial charge in [-0.3, -0.25) is 10.1 Å². The van der Waals surface area contributed by atoms with Crippen LogP contribution in [0.3, 0.4) is 0 Å². The molecule has 0 amide bonds. The second kappa shape index (κ2) is 4.81. The van der Waals surface area contributed by atoms with E-state index in [1.54, 1.807) is 12.1 Å². The molecular weight excluding hydrogens is 280 g/mol. The molecule has 0 bridgehead atoms. The average Bonchev–Trinajstić information content (AvgIpc) is 2.84. The number of non-ortho nitro benzene ring substituents is 1. The van der Waals surface area contributed by atoms with Gasteiger partial charge >= 0.3 is 0 Å². The highest BCUT2D eigenvalue weighted by molar-refractivity contribution is 5.54. The van der Waals surface area contributed by atoms with Gasteiger partial charge in [-0.05, 0) is 24.7 Å². The van der Waals surface area contributed by atoms with Gasteiger partial charge in [0.15, 0.2) is 0 Å². The lowest BCUT2D eigenvalue weighted by Crippen LogP contribution is -2.14. The van der Waals surface area contributed by atoms with E-state index in [-0.39, 0.29) is 16.5 Å². The van der Waals surface area contributed by atoms with E-state index in [4.69, 9.17) is 4.74 Å². The summed E-state index contributed by atoms with van der Waals surface area (Å²) in [6.07, 6.45) is 0. The second-order valence-corrected chi connectivity index (χ2v) is 6.05. The van der Waals surface area contributed by atoms with E-state index in [1.165, 1.54) is 11.6 Å². The standard InChI is InChI=1S/C17H16N2O3/c1-18-9-14-12-4-2-3-5-16(12)22-17-7-6-11(19(20)21)8-13(17)15(14)10-18/h2-8,14-15H,9-10H2,1H3/t14-,15-/m1/s1. The number of para-hydroxylation sites is 1. The first-order valence-corrected chi connectivity index (χ1v) is 7.37. The van der Waals surface area contributed by atoms with Crippen molar-refractivity contribution in [3.05, 3.63) is 63.7 Å². The van der Waals surface area contributed by atoms with Crippen LogP contribution in [0, 0.1) is 10.1 Å². The third kappa shape index (κ3) is 1.97. The summed E-state index contributed by atoms with van der Waals surface area (Å²) in [5, 5.41) is 11.1. The van der Waals surface area contributed by atoms with E-state index >= 15 is 0 Å². The fourth-order valence-electron chi connectivity index (χ4n) is 3.66. The zero-order valence-electron chi connectivity index (χ0n) is 12.2. The molecule has 0 unspecified atom stereocenters. The summed E-state index contributed by atoms with van der Waals surface area (Å²) in [5.74, 6) is 2.13. The number of nitrogens with zero attached hydrogens (tertiary/aromatic N) is 2. The van der Waals surface area contributed by atoms with Gasteiger partial charge in [-0.1, -0.05) is 18.2 Å². The fraction of sp³-hybridized carbons (Fsp3) is 0.294.